The number of hydrogen-bond donors (Lipinski definition) is 1. The molecule has 1 heterocycles. The van der Waals surface area contributed by atoms with Gasteiger partial charge in [-0.15, -0.1) is 0 Å². The van der Waals surface area contributed by atoms with E-state index < -0.39 is 11.8 Å². The first-order chi connectivity index (χ1) is 5.50. The molecule has 0 aromatic carbocycles. The van der Waals surface area contributed by atoms with Crippen molar-refractivity contribution < 1.29 is 19.4 Å². The Morgan fingerprint density at radius 2 is 2.25 bits per heavy atom. The maximum Gasteiger partial charge on any atom is 0.337 e. The highest BCUT2D eigenvalue weighted by atomic mass is 16.7. The lowest BCUT2D eigenvalue weighted by atomic mass is 10.0. The number of methoxy groups -OCH3 is 1. The van der Waals surface area contributed by atoms with Gasteiger partial charge < -0.3 is 14.6 Å². The third-order valence-corrected chi connectivity index (χ3v) is 1.86. The predicted molar refractivity (Wildman–Crippen MR) is 41.0 cm³/mol. The van der Waals surface area contributed by atoms with Crippen molar-refractivity contribution in [2.24, 2.45) is 5.92 Å². The number of ether oxygens (including phenoxy) is 2. The van der Waals surface area contributed by atoms with Gasteiger partial charge in [-0.05, 0) is 0 Å². The first-order valence-electron chi connectivity index (χ1n) is 3.72. The van der Waals surface area contributed by atoms with Crippen LogP contribution in [0.5, 0.6) is 0 Å². The number of carbonyl (C=O) groups is 1. The summed E-state index contributed by atoms with van der Waals surface area (Å²) in [6.45, 7) is 3.48. The van der Waals surface area contributed by atoms with Crippen molar-refractivity contribution in [3.63, 3.8) is 0 Å². The molecule has 1 aliphatic heterocycles. The van der Waals surface area contributed by atoms with E-state index in [2.05, 4.69) is 0 Å². The molecule has 0 aromatic rings. The van der Waals surface area contributed by atoms with Crippen molar-refractivity contribution >= 4 is 5.97 Å². The van der Waals surface area contributed by atoms with Gasteiger partial charge in [0.25, 0.3) is 5.79 Å². The molecular weight excluding hydrogens is 160 g/mol. The molecule has 1 unspecified atom stereocenters. The van der Waals surface area contributed by atoms with Crippen LogP contribution in [0.4, 0.5) is 0 Å². The van der Waals surface area contributed by atoms with Crippen molar-refractivity contribution in [3.8, 4) is 0 Å². The van der Waals surface area contributed by atoms with Gasteiger partial charge in [-0.1, -0.05) is 13.8 Å². The Bertz CT molecular complexity index is 231. The van der Waals surface area contributed by atoms with Crippen LogP contribution in [0.25, 0.3) is 0 Å². The van der Waals surface area contributed by atoms with Crippen LogP contribution in [0.3, 0.4) is 0 Å². The van der Waals surface area contributed by atoms with Crippen LogP contribution in [0.15, 0.2) is 11.8 Å². The lowest BCUT2D eigenvalue weighted by molar-refractivity contribution is -0.207. The molecule has 0 aliphatic carbocycles. The zero-order valence-corrected chi connectivity index (χ0v) is 7.33. The van der Waals surface area contributed by atoms with Crippen LogP contribution in [0, 0.1) is 5.92 Å². The summed E-state index contributed by atoms with van der Waals surface area (Å²) in [6.07, 6.45) is 1.15. The highest BCUT2D eigenvalue weighted by molar-refractivity contribution is 5.85. The Morgan fingerprint density at radius 1 is 1.67 bits per heavy atom. The fourth-order valence-corrected chi connectivity index (χ4v) is 1.05. The largest absolute Gasteiger partial charge is 0.494 e. The minimum atomic E-state index is -1.58. The predicted octanol–water partition coefficient (Wildman–Crippen LogP) is 0.418. The second kappa shape index (κ2) is 2.79. The summed E-state index contributed by atoms with van der Waals surface area (Å²) in [5.74, 6) is -2.20. The van der Waals surface area contributed by atoms with Crippen molar-refractivity contribution in [1.29, 1.82) is 0 Å². The van der Waals surface area contributed by atoms with Crippen LogP contribution in [0.2, 0.25) is 0 Å². The molecule has 12 heavy (non-hydrogen) atoms. The van der Waals surface area contributed by atoms with Gasteiger partial charge in [0.1, 0.15) is 0 Å². The first kappa shape index (κ1) is 9.06. The van der Waals surface area contributed by atoms with Crippen molar-refractivity contribution in [1.82, 2.24) is 0 Å². The molecular formula is C8H12O4. The van der Waals surface area contributed by atoms with Crippen LogP contribution in [-0.2, 0) is 14.3 Å². The molecule has 68 valence electrons. The fraction of sp³-hybridized carbons (Fsp3) is 0.625. The smallest absolute Gasteiger partial charge is 0.337 e. The van der Waals surface area contributed by atoms with Gasteiger partial charge in [0, 0.05) is 5.92 Å². The Morgan fingerprint density at radius 3 is 2.58 bits per heavy atom. The third kappa shape index (κ3) is 1.18. The minimum absolute atomic E-state index is 0.169. The molecule has 4 heteroatoms. The van der Waals surface area contributed by atoms with E-state index in [1.165, 1.54) is 7.11 Å². The van der Waals surface area contributed by atoms with Gasteiger partial charge in [-0.25, -0.2) is 4.79 Å². The van der Waals surface area contributed by atoms with Crippen LogP contribution in [-0.4, -0.2) is 24.0 Å². The third-order valence-electron chi connectivity index (χ3n) is 1.86. The zero-order chi connectivity index (χ0) is 9.35. The van der Waals surface area contributed by atoms with E-state index in [1.807, 2.05) is 0 Å². The first-order valence-corrected chi connectivity index (χ1v) is 3.72. The molecule has 0 saturated heterocycles. The fourth-order valence-electron chi connectivity index (χ4n) is 1.05. The van der Waals surface area contributed by atoms with E-state index in [4.69, 9.17) is 9.47 Å². The minimum Gasteiger partial charge on any atom is -0.494 e. The van der Waals surface area contributed by atoms with Crippen LogP contribution in [0.1, 0.15) is 13.8 Å². The molecule has 1 rings (SSSR count). The van der Waals surface area contributed by atoms with Gasteiger partial charge >= 0.3 is 5.97 Å². The number of carbonyl (C=O) groups excluding carboxylic acids is 1. The summed E-state index contributed by atoms with van der Waals surface area (Å²) in [5.41, 5.74) is 0. The van der Waals surface area contributed by atoms with E-state index in [0.29, 0.717) is 0 Å². The molecule has 0 fully saturated rings. The Balaban J connectivity index is 2.94. The number of hydrogen-bond acceptors (Lipinski definition) is 4. The molecule has 4 nitrogen and oxygen atoms in total. The molecule has 0 saturated carbocycles. The molecule has 0 aromatic heterocycles. The van der Waals surface area contributed by atoms with E-state index in [-0.39, 0.29) is 11.7 Å². The summed E-state index contributed by atoms with van der Waals surface area (Å²) in [4.78, 5) is 10.8. The second-order valence-corrected chi connectivity index (χ2v) is 2.98. The maximum absolute atomic E-state index is 10.8. The molecule has 0 amide bonds. The van der Waals surface area contributed by atoms with Crippen LogP contribution < -0.4 is 0 Å². The average molecular weight is 172 g/mol. The molecule has 1 N–H and O–H groups in total. The van der Waals surface area contributed by atoms with Gasteiger partial charge in [0.15, 0.2) is 5.76 Å². The van der Waals surface area contributed by atoms with E-state index >= 15 is 0 Å². The summed E-state index contributed by atoms with van der Waals surface area (Å²) in [6, 6.07) is 0. The van der Waals surface area contributed by atoms with E-state index in [9.17, 15) is 9.90 Å². The second-order valence-electron chi connectivity index (χ2n) is 2.98. The molecule has 1 aliphatic rings. The number of cyclic esters (lactones) is 1. The van der Waals surface area contributed by atoms with E-state index in [0.717, 1.165) is 6.08 Å². The normalized spacial score (nSPS) is 28.8. The monoisotopic (exact) mass is 172 g/mol. The Kier molecular flexibility index (Phi) is 2.10. The number of aliphatic hydroxyl groups is 1. The van der Waals surface area contributed by atoms with Crippen molar-refractivity contribution in [2.45, 2.75) is 19.6 Å². The standard InChI is InChI=1S/C8H12O4/c1-5(2)8(10)6(11-3)4-7(9)12-8/h4-5,10H,1-3H3. The lowest BCUT2D eigenvalue weighted by Crippen LogP contribution is -2.38. The summed E-state index contributed by atoms with van der Waals surface area (Å²) >= 11 is 0. The molecule has 0 radical (unpaired) electrons. The van der Waals surface area contributed by atoms with Gasteiger partial charge in [-0.2, -0.15) is 0 Å². The van der Waals surface area contributed by atoms with Gasteiger partial charge in [0.2, 0.25) is 0 Å². The Hall–Kier alpha value is -1.03. The lowest BCUT2D eigenvalue weighted by Gasteiger charge is -2.27. The van der Waals surface area contributed by atoms with E-state index in [1.54, 1.807) is 13.8 Å². The molecule has 0 bridgehead atoms. The molecule has 1 atom stereocenters. The van der Waals surface area contributed by atoms with Crippen molar-refractivity contribution in [3.05, 3.63) is 11.8 Å². The highest BCUT2D eigenvalue weighted by Crippen LogP contribution is 2.32. The number of esters is 1. The zero-order valence-electron chi connectivity index (χ0n) is 7.33. The molecule has 0 spiro atoms. The van der Waals surface area contributed by atoms with Crippen molar-refractivity contribution in [2.75, 3.05) is 7.11 Å². The number of rotatable bonds is 2. The van der Waals surface area contributed by atoms with Gasteiger partial charge in [-0.3, -0.25) is 0 Å². The summed E-state index contributed by atoms with van der Waals surface area (Å²) in [7, 11) is 1.39. The Labute approximate surface area is 70.8 Å². The highest BCUT2D eigenvalue weighted by Gasteiger charge is 2.45. The van der Waals surface area contributed by atoms with Gasteiger partial charge in [0.05, 0.1) is 13.2 Å². The average Bonchev–Trinajstić information content (AvgIpc) is 2.27. The SMILES string of the molecule is COC1=CC(=O)OC1(O)C(C)C. The maximum atomic E-state index is 10.8. The summed E-state index contributed by atoms with van der Waals surface area (Å²) in [5, 5.41) is 9.76. The quantitative estimate of drug-likeness (QED) is 0.613. The van der Waals surface area contributed by atoms with Crippen LogP contribution >= 0.6 is 0 Å². The summed E-state index contributed by atoms with van der Waals surface area (Å²) < 4.78 is 9.54. The topological polar surface area (TPSA) is 55.8 Å².